The van der Waals surface area contributed by atoms with E-state index >= 15 is 0 Å². The lowest BCUT2D eigenvalue weighted by molar-refractivity contribution is 0.216. The van der Waals surface area contributed by atoms with Crippen molar-refractivity contribution in [2.24, 2.45) is 5.41 Å². The molecule has 0 radical (unpaired) electrons. The van der Waals surface area contributed by atoms with Crippen LogP contribution in [-0.2, 0) is 10.6 Å². The minimum atomic E-state index is 0.0811. The highest BCUT2D eigenvalue weighted by Crippen LogP contribution is 2.60. The number of hydrogen-bond donors (Lipinski definition) is 0. The molecule has 0 fully saturated rings. The molecule has 1 aromatic heterocycles. The molecule has 0 spiro atoms. The Hall–Kier alpha value is -1.50. The third kappa shape index (κ3) is 1.71. The van der Waals surface area contributed by atoms with Gasteiger partial charge < -0.3 is 0 Å². The molecule has 0 bridgehead atoms. The summed E-state index contributed by atoms with van der Waals surface area (Å²) in [6, 6.07) is 10.8. The van der Waals surface area contributed by atoms with E-state index in [1.807, 2.05) is 6.20 Å². The molecule has 2 unspecified atom stereocenters. The topological polar surface area (TPSA) is 12.9 Å². The van der Waals surface area contributed by atoms with Gasteiger partial charge >= 0.3 is 0 Å². The van der Waals surface area contributed by atoms with Gasteiger partial charge in [0.1, 0.15) is 15.7 Å². The first-order valence-corrected chi connectivity index (χ1v) is 8.18. The Balaban J connectivity index is 2.38. The summed E-state index contributed by atoms with van der Waals surface area (Å²) in [6.07, 6.45) is 1.99. The Bertz CT molecular complexity index is 745. The monoisotopic (exact) mass is 289 g/mol. The summed E-state index contributed by atoms with van der Waals surface area (Å²) in [4.78, 5) is 4.81. The number of pyridine rings is 1. The molecule has 0 amide bonds. The van der Waals surface area contributed by atoms with Gasteiger partial charge in [0.15, 0.2) is 0 Å². The van der Waals surface area contributed by atoms with Crippen molar-refractivity contribution in [2.75, 3.05) is 0 Å². The third-order valence-electron chi connectivity index (χ3n) is 6.77. The molecule has 0 aliphatic heterocycles. The molecule has 3 rings (SSSR count). The van der Waals surface area contributed by atoms with E-state index in [9.17, 15) is 0 Å². The molecule has 3 heteroatoms. The summed E-state index contributed by atoms with van der Waals surface area (Å²) in [7, 11) is 4.76. The molecule has 0 N–H and O–H groups in total. The number of hydrogen-bond acceptors (Lipinski definition) is 1. The van der Waals surface area contributed by atoms with Gasteiger partial charge in [0.2, 0.25) is 0 Å². The zero-order chi connectivity index (χ0) is 16.3. The van der Waals surface area contributed by atoms with Crippen LogP contribution < -0.4 is 0 Å². The van der Waals surface area contributed by atoms with Crippen LogP contribution in [0.25, 0.3) is 11.3 Å². The molecule has 1 heterocycles. The Kier molecular flexibility index (Phi) is 3.15. The van der Waals surface area contributed by atoms with Crippen LogP contribution >= 0.6 is 0 Å². The van der Waals surface area contributed by atoms with Gasteiger partial charge in [-0.15, -0.1) is 0 Å². The van der Waals surface area contributed by atoms with Crippen LogP contribution in [0.1, 0.15) is 44.4 Å². The first-order valence-electron chi connectivity index (χ1n) is 8.18. The lowest BCUT2D eigenvalue weighted by Gasteiger charge is -2.45. The average molecular weight is 289 g/mol. The molecule has 112 valence electrons. The lowest BCUT2D eigenvalue weighted by atomic mass is 9.45. The minimum Gasteiger partial charge on any atom is -0.256 e. The molecular weight excluding hydrogens is 264 g/mol. The first-order chi connectivity index (χ1) is 10.1. The molecule has 1 aliphatic rings. The predicted molar refractivity (Wildman–Crippen MR) is 100.0 cm³/mol. The summed E-state index contributed by atoms with van der Waals surface area (Å²) in [5, 5.41) is 0.212. The summed E-state index contributed by atoms with van der Waals surface area (Å²) in [6.45, 7) is 11.7. The quantitative estimate of drug-likeness (QED) is 0.736. The smallest absolute Gasteiger partial charge is 0.115 e. The molecular formula is C19H25B2N. The zero-order valence-electron chi connectivity index (χ0n) is 14.9. The van der Waals surface area contributed by atoms with Crippen LogP contribution in [0.15, 0.2) is 36.5 Å². The van der Waals surface area contributed by atoms with Crippen LogP contribution in [0.5, 0.6) is 0 Å². The second kappa shape index (κ2) is 4.50. The SMILES string of the molecule is BC1(C)c2ccnc(-c3ccccc3C)c2C(B)(C)C1(C)C. The number of aryl methyl sites for hydroxylation is 1. The van der Waals surface area contributed by atoms with E-state index < -0.39 is 0 Å². The standard InChI is InChI=1S/C19H25B2N/c1-12-8-6-7-9-13(12)16-15-14(10-11-22-16)18(4,20)17(2,3)19(15,5)21/h6-11H,20-21H2,1-5H3. The Morgan fingerprint density at radius 3 is 2.18 bits per heavy atom. The van der Waals surface area contributed by atoms with Crippen molar-refractivity contribution in [1.29, 1.82) is 0 Å². The fourth-order valence-corrected chi connectivity index (χ4v) is 4.09. The molecule has 1 aromatic carbocycles. The lowest BCUT2D eigenvalue weighted by Crippen LogP contribution is -2.46. The number of aromatic nitrogens is 1. The van der Waals surface area contributed by atoms with Crippen molar-refractivity contribution in [3.63, 3.8) is 0 Å². The summed E-state index contributed by atoms with van der Waals surface area (Å²) in [5.74, 6) is 0. The van der Waals surface area contributed by atoms with E-state index in [0.717, 1.165) is 0 Å². The van der Waals surface area contributed by atoms with Crippen LogP contribution in [0.2, 0.25) is 0 Å². The molecule has 1 nitrogen and oxygen atoms in total. The molecule has 22 heavy (non-hydrogen) atoms. The summed E-state index contributed by atoms with van der Waals surface area (Å²) < 4.78 is 0. The second-order valence-corrected chi connectivity index (χ2v) is 8.27. The molecule has 2 atom stereocenters. The Labute approximate surface area is 136 Å². The van der Waals surface area contributed by atoms with Gasteiger partial charge in [-0.3, -0.25) is 4.98 Å². The number of benzene rings is 1. The summed E-state index contributed by atoms with van der Waals surface area (Å²) in [5.41, 5.74) is 6.78. The zero-order valence-corrected chi connectivity index (χ0v) is 14.9. The molecule has 2 aromatic rings. The number of fused-ring (bicyclic) bond motifs is 1. The van der Waals surface area contributed by atoms with E-state index in [-0.39, 0.29) is 16.0 Å². The van der Waals surface area contributed by atoms with Crippen molar-refractivity contribution in [3.8, 4) is 11.3 Å². The Morgan fingerprint density at radius 1 is 0.909 bits per heavy atom. The highest BCUT2D eigenvalue weighted by molar-refractivity contribution is 6.23. The van der Waals surface area contributed by atoms with E-state index in [4.69, 9.17) is 4.98 Å². The van der Waals surface area contributed by atoms with E-state index in [1.54, 1.807) is 0 Å². The van der Waals surface area contributed by atoms with Crippen molar-refractivity contribution in [3.05, 3.63) is 53.2 Å². The summed E-state index contributed by atoms with van der Waals surface area (Å²) >= 11 is 0. The van der Waals surface area contributed by atoms with E-state index in [0.29, 0.717) is 0 Å². The van der Waals surface area contributed by atoms with Crippen molar-refractivity contribution < 1.29 is 0 Å². The molecule has 0 saturated heterocycles. The van der Waals surface area contributed by atoms with Crippen LogP contribution in [-0.4, -0.2) is 20.7 Å². The maximum absolute atomic E-state index is 4.81. The van der Waals surface area contributed by atoms with Gasteiger partial charge in [-0.25, -0.2) is 0 Å². The predicted octanol–water partition coefficient (Wildman–Crippen LogP) is 2.79. The van der Waals surface area contributed by atoms with Crippen LogP contribution in [0.4, 0.5) is 0 Å². The first kappa shape index (κ1) is 15.4. The van der Waals surface area contributed by atoms with Gasteiger partial charge in [0.05, 0.1) is 5.69 Å². The number of nitrogens with zero attached hydrogens (tertiary/aromatic N) is 1. The van der Waals surface area contributed by atoms with Crippen molar-refractivity contribution >= 4 is 15.7 Å². The van der Waals surface area contributed by atoms with Crippen molar-refractivity contribution in [2.45, 2.75) is 45.2 Å². The number of rotatable bonds is 1. The molecule has 0 saturated carbocycles. The maximum atomic E-state index is 4.81. The van der Waals surface area contributed by atoms with Gasteiger partial charge in [-0.1, -0.05) is 52.0 Å². The van der Waals surface area contributed by atoms with Gasteiger partial charge in [-0.05, 0) is 45.7 Å². The maximum Gasteiger partial charge on any atom is 0.115 e. The molecule has 1 aliphatic carbocycles. The minimum absolute atomic E-state index is 0.0811. The second-order valence-electron chi connectivity index (χ2n) is 8.27. The highest BCUT2D eigenvalue weighted by atomic mass is 14.7. The van der Waals surface area contributed by atoms with Crippen LogP contribution in [0.3, 0.4) is 0 Å². The van der Waals surface area contributed by atoms with Gasteiger partial charge in [0, 0.05) is 11.8 Å². The fraction of sp³-hybridized carbons (Fsp3) is 0.421. The third-order valence-corrected chi connectivity index (χ3v) is 6.77. The average Bonchev–Trinajstić information content (AvgIpc) is 2.56. The van der Waals surface area contributed by atoms with Crippen molar-refractivity contribution in [1.82, 2.24) is 4.98 Å². The normalized spacial score (nSPS) is 29.3. The van der Waals surface area contributed by atoms with Crippen LogP contribution in [0, 0.1) is 12.3 Å². The highest BCUT2D eigenvalue weighted by Gasteiger charge is 2.57. The van der Waals surface area contributed by atoms with Gasteiger partial charge in [0.25, 0.3) is 0 Å². The van der Waals surface area contributed by atoms with E-state index in [2.05, 4.69) is 80.6 Å². The largest absolute Gasteiger partial charge is 0.256 e. The van der Waals surface area contributed by atoms with Gasteiger partial charge in [-0.2, -0.15) is 0 Å². The Morgan fingerprint density at radius 2 is 1.55 bits per heavy atom. The fourth-order valence-electron chi connectivity index (χ4n) is 4.09. The van der Waals surface area contributed by atoms with E-state index in [1.165, 1.54) is 27.9 Å².